The molecule has 19 heavy (non-hydrogen) atoms. The summed E-state index contributed by atoms with van der Waals surface area (Å²) in [6.45, 7) is 3.22. The third-order valence-corrected chi connectivity index (χ3v) is 3.53. The Morgan fingerprint density at radius 3 is 3.05 bits per heavy atom. The molecule has 5 heteroatoms. The van der Waals surface area contributed by atoms with Gasteiger partial charge in [0.25, 0.3) is 0 Å². The maximum atomic E-state index is 12.0. The number of rotatable bonds is 6. The van der Waals surface area contributed by atoms with Gasteiger partial charge in [0.1, 0.15) is 5.69 Å². The number of carbonyl (C=O) groups excluding carboxylic acids is 1. The maximum Gasteiger partial charge on any atom is 0.355 e. The fourth-order valence-electron chi connectivity index (χ4n) is 1.90. The van der Waals surface area contributed by atoms with Gasteiger partial charge in [0.05, 0.1) is 12.3 Å². The van der Waals surface area contributed by atoms with E-state index in [1.807, 2.05) is 16.0 Å². The molecule has 0 amide bonds. The molecule has 102 valence electrons. The Bertz CT molecular complexity index is 532. The highest BCUT2D eigenvalue weighted by atomic mass is 32.1. The van der Waals surface area contributed by atoms with Crippen molar-refractivity contribution in [2.75, 3.05) is 12.3 Å². The minimum absolute atomic E-state index is 0.305. The lowest BCUT2D eigenvalue weighted by atomic mass is 10.2. The topological polar surface area (TPSA) is 57.2 Å². The van der Waals surface area contributed by atoms with E-state index in [2.05, 4.69) is 12.3 Å². The quantitative estimate of drug-likeness (QED) is 0.826. The van der Waals surface area contributed by atoms with Crippen molar-refractivity contribution in [2.24, 2.45) is 0 Å². The van der Waals surface area contributed by atoms with Crippen molar-refractivity contribution in [3.63, 3.8) is 0 Å². The molecule has 0 aliphatic carbocycles. The van der Waals surface area contributed by atoms with E-state index >= 15 is 0 Å². The minimum atomic E-state index is -0.305. The lowest BCUT2D eigenvalue weighted by Gasteiger charge is -2.07. The van der Waals surface area contributed by atoms with E-state index in [0.717, 1.165) is 19.4 Å². The predicted octanol–water partition coefficient (Wildman–Crippen LogP) is 2.94. The van der Waals surface area contributed by atoms with Crippen molar-refractivity contribution in [1.82, 2.24) is 4.57 Å². The smallest absolute Gasteiger partial charge is 0.355 e. The summed E-state index contributed by atoms with van der Waals surface area (Å²) >= 11 is 1.65. The predicted molar refractivity (Wildman–Crippen MR) is 77.4 cm³/mol. The summed E-state index contributed by atoms with van der Waals surface area (Å²) in [7, 11) is 0. The van der Waals surface area contributed by atoms with Gasteiger partial charge in [-0.25, -0.2) is 4.79 Å². The number of ether oxygens (including phenoxy) is 1. The first kappa shape index (κ1) is 13.7. The number of nitrogen functional groups attached to an aromatic ring is 1. The van der Waals surface area contributed by atoms with E-state index in [-0.39, 0.29) is 5.97 Å². The van der Waals surface area contributed by atoms with Crippen LogP contribution in [0.15, 0.2) is 29.1 Å². The third kappa shape index (κ3) is 3.61. The second kappa shape index (κ2) is 6.43. The molecule has 0 saturated heterocycles. The van der Waals surface area contributed by atoms with Crippen LogP contribution in [0.5, 0.6) is 0 Å². The molecule has 2 rings (SSSR count). The number of aryl methyl sites for hydroxylation is 1. The fourth-order valence-corrected chi connectivity index (χ4v) is 2.60. The molecule has 0 saturated carbocycles. The summed E-state index contributed by atoms with van der Waals surface area (Å²) in [5.41, 5.74) is 8.05. The Hall–Kier alpha value is -1.75. The lowest BCUT2D eigenvalue weighted by Crippen LogP contribution is -2.13. The monoisotopic (exact) mass is 278 g/mol. The van der Waals surface area contributed by atoms with Crippen molar-refractivity contribution in [3.8, 4) is 0 Å². The number of thiophene rings is 1. The number of nitrogens with zero attached hydrogens (tertiary/aromatic N) is 1. The second-order valence-electron chi connectivity index (χ2n) is 4.37. The third-order valence-electron chi connectivity index (χ3n) is 2.80. The van der Waals surface area contributed by atoms with E-state index < -0.39 is 0 Å². The van der Waals surface area contributed by atoms with Gasteiger partial charge in [0, 0.05) is 19.2 Å². The Kier molecular flexibility index (Phi) is 4.63. The standard InChI is InChI=1S/C14H18N2O2S/c1-2-5-16-9-12(15)8-13(16)14(17)18-6-3-11-4-7-19-10-11/h4,7-10H,2-3,5-6,15H2,1H3. The number of hydrogen-bond acceptors (Lipinski definition) is 4. The van der Waals surface area contributed by atoms with Gasteiger partial charge in [0.2, 0.25) is 0 Å². The van der Waals surface area contributed by atoms with Crippen LogP contribution in [0.2, 0.25) is 0 Å². The molecular formula is C14H18N2O2S. The molecule has 0 radical (unpaired) electrons. The molecule has 0 unspecified atom stereocenters. The van der Waals surface area contributed by atoms with Crippen LogP contribution in [-0.2, 0) is 17.7 Å². The van der Waals surface area contributed by atoms with E-state index in [4.69, 9.17) is 10.5 Å². The molecule has 0 bridgehead atoms. The summed E-state index contributed by atoms with van der Waals surface area (Å²) < 4.78 is 7.14. The van der Waals surface area contributed by atoms with Crippen LogP contribution in [0.4, 0.5) is 5.69 Å². The average molecular weight is 278 g/mol. The minimum Gasteiger partial charge on any atom is -0.461 e. The largest absolute Gasteiger partial charge is 0.461 e. The summed E-state index contributed by atoms with van der Waals surface area (Å²) in [5, 5.41) is 4.08. The molecule has 0 aromatic carbocycles. The first-order valence-electron chi connectivity index (χ1n) is 6.34. The van der Waals surface area contributed by atoms with Crippen LogP contribution in [0.25, 0.3) is 0 Å². The Labute approximate surface area is 116 Å². The lowest BCUT2D eigenvalue weighted by molar-refractivity contribution is 0.0496. The highest BCUT2D eigenvalue weighted by Gasteiger charge is 2.13. The maximum absolute atomic E-state index is 12.0. The molecule has 0 aliphatic rings. The summed E-state index contributed by atoms with van der Waals surface area (Å²) in [6, 6.07) is 3.71. The average Bonchev–Trinajstić information content (AvgIpc) is 2.99. The first-order chi connectivity index (χ1) is 9.20. The van der Waals surface area contributed by atoms with Crippen molar-refractivity contribution < 1.29 is 9.53 Å². The number of carbonyl (C=O) groups is 1. The molecule has 2 aromatic rings. The van der Waals surface area contributed by atoms with Crippen molar-refractivity contribution in [3.05, 3.63) is 40.3 Å². The fraction of sp³-hybridized carbons (Fsp3) is 0.357. The molecule has 2 heterocycles. The zero-order valence-electron chi connectivity index (χ0n) is 11.0. The first-order valence-corrected chi connectivity index (χ1v) is 7.29. The van der Waals surface area contributed by atoms with Crippen molar-refractivity contribution >= 4 is 23.0 Å². The van der Waals surface area contributed by atoms with E-state index in [0.29, 0.717) is 18.0 Å². The van der Waals surface area contributed by atoms with Crippen LogP contribution in [0, 0.1) is 0 Å². The number of anilines is 1. The van der Waals surface area contributed by atoms with Gasteiger partial charge in [-0.2, -0.15) is 11.3 Å². The number of aromatic nitrogens is 1. The number of hydrogen-bond donors (Lipinski definition) is 1. The van der Waals surface area contributed by atoms with E-state index in [1.54, 1.807) is 23.6 Å². The summed E-state index contributed by atoms with van der Waals surface area (Å²) in [4.78, 5) is 12.0. The highest BCUT2D eigenvalue weighted by molar-refractivity contribution is 7.07. The highest BCUT2D eigenvalue weighted by Crippen LogP contribution is 2.13. The molecular weight excluding hydrogens is 260 g/mol. The zero-order chi connectivity index (χ0) is 13.7. The molecule has 0 atom stereocenters. The molecule has 2 aromatic heterocycles. The van der Waals surface area contributed by atoms with Gasteiger partial charge in [-0.15, -0.1) is 0 Å². The van der Waals surface area contributed by atoms with Crippen molar-refractivity contribution in [2.45, 2.75) is 26.3 Å². The van der Waals surface area contributed by atoms with Crippen molar-refractivity contribution in [1.29, 1.82) is 0 Å². The van der Waals surface area contributed by atoms with Crippen LogP contribution < -0.4 is 5.73 Å². The van der Waals surface area contributed by atoms with Gasteiger partial charge in [-0.3, -0.25) is 0 Å². The molecule has 0 aliphatic heterocycles. The zero-order valence-corrected chi connectivity index (χ0v) is 11.8. The van der Waals surface area contributed by atoms with E-state index in [9.17, 15) is 4.79 Å². The number of esters is 1. The second-order valence-corrected chi connectivity index (χ2v) is 5.15. The van der Waals surface area contributed by atoms with Crippen LogP contribution in [0.1, 0.15) is 29.4 Å². The van der Waals surface area contributed by atoms with Gasteiger partial charge >= 0.3 is 5.97 Å². The van der Waals surface area contributed by atoms with E-state index in [1.165, 1.54) is 5.56 Å². The Balaban J connectivity index is 1.92. The summed E-state index contributed by atoms with van der Waals surface area (Å²) in [6.07, 6.45) is 3.47. The van der Waals surface area contributed by atoms with Gasteiger partial charge in [-0.1, -0.05) is 6.92 Å². The number of nitrogens with two attached hydrogens (primary N) is 1. The molecule has 2 N–H and O–H groups in total. The van der Waals surface area contributed by atoms with Gasteiger partial charge in [0.15, 0.2) is 0 Å². The molecule has 4 nitrogen and oxygen atoms in total. The van der Waals surface area contributed by atoms with Crippen LogP contribution >= 0.6 is 11.3 Å². The Morgan fingerprint density at radius 1 is 1.53 bits per heavy atom. The van der Waals surface area contributed by atoms with Crippen LogP contribution in [-0.4, -0.2) is 17.1 Å². The molecule has 0 fully saturated rings. The summed E-state index contributed by atoms with van der Waals surface area (Å²) in [5.74, 6) is -0.305. The van der Waals surface area contributed by atoms with Gasteiger partial charge < -0.3 is 15.0 Å². The Morgan fingerprint density at radius 2 is 2.37 bits per heavy atom. The normalized spacial score (nSPS) is 10.6. The van der Waals surface area contributed by atoms with Crippen LogP contribution in [0.3, 0.4) is 0 Å². The molecule has 0 spiro atoms. The SMILES string of the molecule is CCCn1cc(N)cc1C(=O)OCCc1ccsc1. The van der Waals surface area contributed by atoms with Gasteiger partial charge in [-0.05, 0) is 34.9 Å².